The third-order valence-corrected chi connectivity index (χ3v) is 6.60. The van der Waals surface area contributed by atoms with Crippen molar-refractivity contribution in [1.82, 2.24) is 4.90 Å². The SMILES string of the molecule is C[C@H](N)[C@@H]1CCCN(C(=O)c2ccc3c(c2)C[C@H](C)N3S(C)(=O)=O)C1. The van der Waals surface area contributed by atoms with Crippen LogP contribution in [0.2, 0.25) is 0 Å². The number of nitrogens with two attached hydrogens (primary N) is 1. The summed E-state index contributed by atoms with van der Waals surface area (Å²) in [5.74, 6) is 0.353. The summed E-state index contributed by atoms with van der Waals surface area (Å²) in [5, 5.41) is 0. The molecule has 3 atom stereocenters. The van der Waals surface area contributed by atoms with Crippen LogP contribution in [0.5, 0.6) is 0 Å². The maximum absolute atomic E-state index is 12.9. The van der Waals surface area contributed by atoms with Gasteiger partial charge in [-0.15, -0.1) is 0 Å². The lowest BCUT2D eigenvalue weighted by Crippen LogP contribution is -2.45. The first kappa shape index (κ1) is 18.2. The zero-order valence-corrected chi connectivity index (χ0v) is 15.9. The van der Waals surface area contributed by atoms with Crippen LogP contribution in [0.4, 0.5) is 5.69 Å². The Kier molecular flexibility index (Phi) is 4.81. The van der Waals surface area contributed by atoms with Crippen molar-refractivity contribution in [2.24, 2.45) is 11.7 Å². The number of likely N-dealkylation sites (tertiary alicyclic amines) is 1. The molecule has 0 spiro atoms. The van der Waals surface area contributed by atoms with Crippen LogP contribution in [0, 0.1) is 5.92 Å². The monoisotopic (exact) mass is 365 g/mol. The molecular weight excluding hydrogens is 338 g/mol. The Hall–Kier alpha value is -1.60. The van der Waals surface area contributed by atoms with Gasteiger partial charge in [0.15, 0.2) is 0 Å². The number of fused-ring (bicyclic) bond motifs is 1. The zero-order valence-electron chi connectivity index (χ0n) is 15.1. The second-order valence-corrected chi connectivity index (χ2v) is 9.33. The summed E-state index contributed by atoms with van der Waals surface area (Å²) >= 11 is 0. The molecule has 1 aromatic carbocycles. The van der Waals surface area contributed by atoms with Gasteiger partial charge in [0.1, 0.15) is 0 Å². The summed E-state index contributed by atoms with van der Waals surface area (Å²) < 4.78 is 25.5. The van der Waals surface area contributed by atoms with Gasteiger partial charge in [0.2, 0.25) is 10.0 Å². The molecule has 0 aliphatic carbocycles. The summed E-state index contributed by atoms with van der Waals surface area (Å²) in [4.78, 5) is 14.8. The first-order chi connectivity index (χ1) is 11.7. The third kappa shape index (κ3) is 3.53. The van der Waals surface area contributed by atoms with E-state index in [2.05, 4.69) is 0 Å². The molecular formula is C18H27N3O3S. The highest BCUT2D eigenvalue weighted by Crippen LogP contribution is 2.35. The molecule has 0 unspecified atom stereocenters. The maximum Gasteiger partial charge on any atom is 0.253 e. The lowest BCUT2D eigenvalue weighted by atomic mass is 9.91. The molecule has 2 N–H and O–H groups in total. The average Bonchev–Trinajstić information content (AvgIpc) is 2.89. The lowest BCUT2D eigenvalue weighted by Gasteiger charge is -2.34. The summed E-state index contributed by atoms with van der Waals surface area (Å²) in [5.41, 5.74) is 8.26. The number of nitrogens with zero attached hydrogens (tertiary/aromatic N) is 2. The molecule has 0 aromatic heterocycles. The van der Waals surface area contributed by atoms with E-state index in [9.17, 15) is 13.2 Å². The van der Waals surface area contributed by atoms with Crippen LogP contribution >= 0.6 is 0 Å². The molecule has 138 valence electrons. The number of carbonyl (C=O) groups is 1. The van der Waals surface area contributed by atoms with Crippen molar-refractivity contribution in [3.05, 3.63) is 29.3 Å². The Balaban J connectivity index is 1.84. The number of anilines is 1. The molecule has 1 aromatic rings. The molecule has 7 heteroatoms. The first-order valence-electron chi connectivity index (χ1n) is 8.85. The molecule has 3 rings (SSSR count). The second-order valence-electron chi connectivity index (χ2n) is 7.47. The van der Waals surface area contributed by atoms with Crippen LogP contribution in [0.25, 0.3) is 0 Å². The highest BCUT2D eigenvalue weighted by Gasteiger charge is 2.33. The van der Waals surface area contributed by atoms with E-state index in [1.54, 1.807) is 12.1 Å². The number of sulfonamides is 1. The molecule has 1 saturated heterocycles. The van der Waals surface area contributed by atoms with Gasteiger partial charge in [-0.2, -0.15) is 0 Å². The molecule has 0 saturated carbocycles. The average molecular weight is 365 g/mol. The van der Waals surface area contributed by atoms with E-state index >= 15 is 0 Å². The fourth-order valence-corrected chi connectivity index (χ4v) is 5.31. The molecule has 1 amide bonds. The fraction of sp³-hybridized carbons (Fsp3) is 0.611. The number of piperidine rings is 1. The van der Waals surface area contributed by atoms with Crippen molar-refractivity contribution in [3.8, 4) is 0 Å². The largest absolute Gasteiger partial charge is 0.338 e. The molecule has 6 nitrogen and oxygen atoms in total. The Labute approximate surface area is 150 Å². The molecule has 1 fully saturated rings. The molecule has 0 radical (unpaired) electrons. The standard InChI is InChI=1S/C18H27N3O3S/c1-12-9-16-10-14(6-7-17(16)21(12)25(3,23)24)18(22)20-8-4-5-15(11-20)13(2)19/h6-7,10,12-13,15H,4-5,8-9,11,19H2,1-3H3/t12-,13-,15+/m0/s1. The van der Waals surface area contributed by atoms with Crippen LogP contribution in [0.1, 0.15) is 42.6 Å². The molecule has 2 aliphatic heterocycles. The van der Waals surface area contributed by atoms with E-state index in [1.165, 1.54) is 10.6 Å². The lowest BCUT2D eigenvalue weighted by molar-refractivity contribution is 0.0661. The van der Waals surface area contributed by atoms with Gasteiger partial charge in [0, 0.05) is 30.7 Å². The van der Waals surface area contributed by atoms with Crippen LogP contribution < -0.4 is 10.0 Å². The van der Waals surface area contributed by atoms with E-state index in [1.807, 2.05) is 24.8 Å². The third-order valence-electron chi connectivity index (χ3n) is 5.33. The summed E-state index contributed by atoms with van der Waals surface area (Å²) in [6.45, 7) is 5.33. The number of benzene rings is 1. The minimum atomic E-state index is -3.31. The van der Waals surface area contributed by atoms with Crippen molar-refractivity contribution in [3.63, 3.8) is 0 Å². The van der Waals surface area contributed by atoms with Gasteiger partial charge in [0.05, 0.1) is 11.9 Å². The van der Waals surface area contributed by atoms with Crippen molar-refractivity contribution in [2.45, 2.75) is 45.2 Å². The van der Waals surface area contributed by atoms with Gasteiger partial charge in [0.25, 0.3) is 5.91 Å². The van der Waals surface area contributed by atoms with E-state index in [0.29, 0.717) is 30.1 Å². The van der Waals surface area contributed by atoms with Gasteiger partial charge < -0.3 is 10.6 Å². The van der Waals surface area contributed by atoms with Crippen molar-refractivity contribution < 1.29 is 13.2 Å². The Morgan fingerprint density at radius 2 is 2.08 bits per heavy atom. The highest BCUT2D eigenvalue weighted by molar-refractivity contribution is 7.92. The van der Waals surface area contributed by atoms with Crippen molar-refractivity contribution in [1.29, 1.82) is 0 Å². The number of amides is 1. The van der Waals surface area contributed by atoms with Gasteiger partial charge in [-0.05, 0) is 62.8 Å². The number of hydrogen-bond donors (Lipinski definition) is 1. The minimum Gasteiger partial charge on any atom is -0.338 e. The van der Waals surface area contributed by atoms with Gasteiger partial charge in [-0.3, -0.25) is 9.10 Å². The van der Waals surface area contributed by atoms with Crippen LogP contribution in [0.3, 0.4) is 0 Å². The van der Waals surface area contributed by atoms with Crippen LogP contribution in [0.15, 0.2) is 18.2 Å². The smallest absolute Gasteiger partial charge is 0.253 e. The van der Waals surface area contributed by atoms with E-state index < -0.39 is 10.0 Å². The molecule has 2 heterocycles. The van der Waals surface area contributed by atoms with E-state index in [-0.39, 0.29) is 18.0 Å². The quantitative estimate of drug-likeness (QED) is 0.882. The topological polar surface area (TPSA) is 83.7 Å². The summed E-state index contributed by atoms with van der Waals surface area (Å²) in [7, 11) is -3.31. The van der Waals surface area contributed by atoms with Crippen molar-refractivity contribution >= 4 is 21.6 Å². The minimum absolute atomic E-state index is 0.0126. The fourth-order valence-electron chi connectivity index (χ4n) is 4.05. The van der Waals surface area contributed by atoms with Gasteiger partial charge in [-0.1, -0.05) is 0 Å². The zero-order chi connectivity index (χ0) is 18.4. The van der Waals surface area contributed by atoms with Crippen LogP contribution in [-0.2, 0) is 16.4 Å². The first-order valence-corrected chi connectivity index (χ1v) is 10.7. The van der Waals surface area contributed by atoms with Crippen molar-refractivity contribution in [2.75, 3.05) is 23.7 Å². The van der Waals surface area contributed by atoms with Gasteiger partial charge >= 0.3 is 0 Å². The van der Waals surface area contributed by atoms with E-state index in [4.69, 9.17) is 5.73 Å². The Morgan fingerprint density at radius 1 is 1.36 bits per heavy atom. The molecule has 2 aliphatic rings. The molecule has 0 bridgehead atoms. The predicted molar refractivity (Wildman–Crippen MR) is 99.2 cm³/mol. The normalized spacial score (nSPS) is 25.0. The summed E-state index contributed by atoms with van der Waals surface area (Å²) in [6, 6.07) is 5.33. The number of hydrogen-bond acceptors (Lipinski definition) is 4. The number of rotatable bonds is 3. The Bertz CT molecular complexity index is 776. The number of carbonyl (C=O) groups excluding carboxylic acids is 1. The Morgan fingerprint density at radius 3 is 2.72 bits per heavy atom. The second kappa shape index (κ2) is 6.61. The predicted octanol–water partition coefficient (Wildman–Crippen LogP) is 1.60. The summed E-state index contributed by atoms with van der Waals surface area (Å²) in [6.07, 6.45) is 3.89. The molecule has 25 heavy (non-hydrogen) atoms. The maximum atomic E-state index is 12.9. The highest BCUT2D eigenvalue weighted by atomic mass is 32.2. The van der Waals surface area contributed by atoms with E-state index in [0.717, 1.165) is 24.9 Å². The van der Waals surface area contributed by atoms with Crippen LogP contribution in [-0.4, -0.2) is 50.7 Å². The van der Waals surface area contributed by atoms with Gasteiger partial charge in [-0.25, -0.2) is 8.42 Å².